The maximum absolute atomic E-state index is 12.0. The monoisotopic (exact) mass is 321 g/mol. The largest absolute Gasteiger partial charge is 0.496 e. The number of hydrogen-bond donors (Lipinski definition) is 1. The van der Waals surface area contributed by atoms with Crippen molar-refractivity contribution < 1.29 is 4.74 Å². The van der Waals surface area contributed by atoms with Crippen LogP contribution in [0.5, 0.6) is 5.75 Å². The van der Waals surface area contributed by atoms with Crippen molar-refractivity contribution in [3.63, 3.8) is 0 Å². The fourth-order valence-corrected chi connectivity index (χ4v) is 2.59. The first kappa shape index (κ1) is 15.5. The first-order valence-corrected chi connectivity index (χ1v) is 7.26. The van der Waals surface area contributed by atoms with Crippen molar-refractivity contribution in [2.75, 3.05) is 7.11 Å². The van der Waals surface area contributed by atoms with Gasteiger partial charge in [-0.15, -0.1) is 0 Å². The van der Waals surface area contributed by atoms with Crippen LogP contribution in [0.1, 0.15) is 16.8 Å². The molecule has 0 aliphatic heterocycles. The van der Waals surface area contributed by atoms with Gasteiger partial charge in [0.25, 0.3) is 5.56 Å². The maximum Gasteiger partial charge on any atom is 0.266 e. The summed E-state index contributed by atoms with van der Waals surface area (Å²) in [5, 5.41) is 13.4. The fourth-order valence-electron chi connectivity index (χ4n) is 2.59. The molecule has 0 saturated carbocycles. The number of methoxy groups -OCH3 is 1. The quantitative estimate of drug-likeness (QED) is 0.791. The zero-order valence-electron chi connectivity index (χ0n) is 13.3. The number of H-pyrrole nitrogens is 1. The maximum atomic E-state index is 12.0. The van der Waals surface area contributed by atoms with E-state index in [1.54, 1.807) is 31.1 Å². The third kappa shape index (κ3) is 2.90. The number of nitrogens with one attached hydrogen (secondary N) is 1. The highest BCUT2D eigenvalue weighted by atomic mass is 16.5. The van der Waals surface area contributed by atoms with Crippen molar-refractivity contribution in [1.82, 2.24) is 19.7 Å². The van der Waals surface area contributed by atoms with Crippen LogP contribution < -0.4 is 10.3 Å². The Labute approximate surface area is 138 Å². The Morgan fingerprint density at radius 1 is 1.38 bits per heavy atom. The summed E-state index contributed by atoms with van der Waals surface area (Å²) in [5.41, 5.74) is 2.65. The van der Waals surface area contributed by atoms with Crippen LogP contribution in [-0.4, -0.2) is 26.9 Å². The molecule has 0 amide bonds. The number of ether oxygens (including phenoxy) is 1. The lowest BCUT2D eigenvalue weighted by Crippen LogP contribution is -2.13. The number of hydrogen-bond acceptors (Lipinski definition) is 5. The Kier molecular flexibility index (Phi) is 4.12. The minimum atomic E-state index is -0.388. The molecule has 3 rings (SSSR count). The summed E-state index contributed by atoms with van der Waals surface area (Å²) in [7, 11) is 1.60. The van der Waals surface area contributed by atoms with Crippen molar-refractivity contribution in [3.8, 4) is 22.9 Å². The molecule has 0 saturated heterocycles. The van der Waals surface area contributed by atoms with Crippen LogP contribution in [0.15, 0.2) is 41.7 Å². The van der Waals surface area contributed by atoms with Gasteiger partial charge in [-0.2, -0.15) is 10.4 Å². The summed E-state index contributed by atoms with van der Waals surface area (Å²) in [4.78, 5) is 18.6. The Morgan fingerprint density at radius 2 is 2.21 bits per heavy atom. The number of aryl methyl sites for hydroxylation is 1. The summed E-state index contributed by atoms with van der Waals surface area (Å²) in [6.07, 6.45) is 3.08. The van der Waals surface area contributed by atoms with E-state index in [0.717, 1.165) is 11.1 Å². The molecule has 24 heavy (non-hydrogen) atoms. The Bertz CT molecular complexity index is 968. The standard InChI is InChI=1S/C17H15N5O2/c1-11-5-14(15(7-18)17(23)21-11)12-3-4-16(24-2)13(6-12)8-22-10-19-9-20-22/h3-6,9-10H,8H2,1-2H3,(H,21,23). The van der Waals surface area contributed by atoms with E-state index in [-0.39, 0.29) is 11.1 Å². The van der Waals surface area contributed by atoms with E-state index in [0.29, 0.717) is 23.6 Å². The third-order valence-corrected chi connectivity index (χ3v) is 3.67. The normalized spacial score (nSPS) is 10.4. The molecular formula is C17H15N5O2. The molecule has 0 radical (unpaired) electrons. The SMILES string of the molecule is COc1ccc(-c2cc(C)[nH]c(=O)c2C#N)cc1Cn1cncn1. The van der Waals surface area contributed by atoms with Crippen molar-refractivity contribution in [3.05, 3.63) is 64.1 Å². The first-order valence-electron chi connectivity index (χ1n) is 7.26. The van der Waals surface area contributed by atoms with E-state index in [1.165, 1.54) is 6.33 Å². The minimum Gasteiger partial charge on any atom is -0.496 e. The van der Waals surface area contributed by atoms with Gasteiger partial charge >= 0.3 is 0 Å². The molecule has 1 aromatic carbocycles. The van der Waals surface area contributed by atoms with Gasteiger partial charge in [0.2, 0.25) is 0 Å². The fraction of sp³-hybridized carbons (Fsp3) is 0.176. The van der Waals surface area contributed by atoms with Gasteiger partial charge in [0.05, 0.1) is 13.7 Å². The minimum absolute atomic E-state index is 0.0949. The van der Waals surface area contributed by atoms with E-state index in [2.05, 4.69) is 15.1 Å². The molecule has 2 heterocycles. The second-order valence-corrected chi connectivity index (χ2v) is 5.30. The Morgan fingerprint density at radius 3 is 2.88 bits per heavy atom. The van der Waals surface area contributed by atoms with Crippen molar-refractivity contribution >= 4 is 0 Å². The molecule has 0 aliphatic carbocycles. The van der Waals surface area contributed by atoms with Crippen LogP contribution in [0.3, 0.4) is 0 Å². The second kappa shape index (κ2) is 6.38. The van der Waals surface area contributed by atoms with Gasteiger partial charge in [-0.05, 0) is 30.7 Å². The number of rotatable bonds is 4. The highest BCUT2D eigenvalue weighted by Crippen LogP contribution is 2.28. The predicted molar refractivity (Wildman–Crippen MR) is 87.6 cm³/mol. The van der Waals surface area contributed by atoms with Gasteiger partial charge in [0, 0.05) is 16.8 Å². The number of nitrogens with zero attached hydrogens (tertiary/aromatic N) is 4. The average Bonchev–Trinajstić information content (AvgIpc) is 3.07. The summed E-state index contributed by atoms with van der Waals surface area (Å²) in [6, 6.07) is 9.32. The van der Waals surface area contributed by atoms with E-state index < -0.39 is 0 Å². The Balaban J connectivity index is 2.13. The lowest BCUT2D eigenvalue weighted by atomic mass is 9.98. The smallest absolute Gasteiger partial charge is 0.266 e. The van der Waals surface area contributed by atoms with E-state index in [9.17, 15) is 10.1 Å². The summed E-state index contributed by atoms with van der Waals surface area (Å²) in [6.45, 7) is 2.26. The van der Waals surface area contributed by atoms with Gasteiger partial charge in [-0.1, -0.05) is 6.07 Å². The van der Waals surface area contributed by atoms with Crippen LogP contribution in [-0.2, 0) is 6.54 Å². The highest BCUT2D eigenvalue weighted by Gasteiger charge is 2.13. The zero-order chi connectivity index (χ0) is 17.1. The first-order chi connectivity index (χ1) is 11.6. The molecule has 0 fully saturated rings. The number of aromatic amines is 1. The molecule has 2 aromatic heterocycles. The number of aromatic nitrogens is 4. The molecule has 7 heteroatoms. The van der Waals surface area contributed by atoms with Crippen LogP contribution in [0, 0.1) is 18.3 Å². The van der Waals surface area contributed by atoms with Crippen molar-refractivity contribution in [2.24, 2.45) is 0 Å². The molecule has 0 unspecified atom stereocenters. The number of pyridine rings is 1. The molecule has 0 spiro atoms. The third-order valence-electron chi connectivity index (χ3n) is 3.67. The zero-order valence-corrected chi connectivity index (χ0v) is 13.3. The molecule has 120 valence electrons. The van der Waals surface area contributed by atoms with Crippen LogP contribution >= 0.6 is 0 Å². The molecule has 0 atom stereocenters. The van der Waals surface area contributed by atoms with Crippen molar-refractivity contribution in [1.29, 1.82) is 5.26 Å². The van der Waals surface area contributed by atoms with Gasteiger partial charge in [0.1, 0.15) is 30.0 Å². The van der Waals surface area contributed by atoms with Gasteiger partial charge in [0.15, 0.2) is 0 Å². The summed E-state index contributed by atoms with van der Waals surface area (Å²) < 4.78 is 7.07. The molecule has 0 aliphatic rings. The van der Waals surface area contributed by atoms with Crippen LogP contribution in [0.2, 0.25) is 0 Å². The van der Waals surface area contributed by atoms with Crippen LogP contribution in [0.4, 0.5) is 0 Å². The number of nitriles is 1. The average molecular weight is 321 g/mol. The molecule has 1 N–H and O–H groups in total. The lowest BCUT2D eigenvalue weighted by Gasteiger charge is -2.12. The number of benzene rings is 1. The topological polar surface area (TPSA) is 96.6 Å². The van der Waals surface area contributed by atoms with E-state index >= 15 is 0 Å². The Hall–Kier alpha value is -3.40. The predicted octanol–water partition coefficient (Wildman–Crippen LogP) is 1.87. The van der Waals surface area contributed by atoms with E-state index in [4.69, 9.17) is 4.74 Å². The van der Waals surface area contributed by atoms with E-state index in [1.807, 2.05) is 24.3 Å². The van der Waals surface area contributed by atoms with Crippen LogP contribution in [0.25, 0.3) is 11.1 Å². The second-order valence-electron chi connectivity index (χ2n) is 5.30. The summed E-state index contributed by atoms with van der Waals surface area (Å²) >= 11 is 0. The van der Waals surface area contributed by atoms with Gasteiger partial charge in [-0.25, -0.2) is 9.67 Å². The van der Waals surface area contributed by atoms with Gasteiger partial charge < -0.3 is 9.72 Å². The molecule has 7 nitrogen and oxygen atoms in total. The van der Waals surface area contributed by atoms with Crippen molar-refractivity contribution in [2.45, 2.75) is 13.5 Å². The summed E-state index contributed by atoms with van der Waals surface area (Å²) in [5.74, 6) is 0.703. The lowest BCUT2D eigenvalue weighted by molar-refractivity contribution is 0.407. The highest BCUT2D eigenvalue weighted by molar-refractivity contribution is 5.71. The molecule has 0 bridgehead atoms. The van der Waals surface area contributed by atoms with Gasteiger partial charge in [-0.3, -0.25) is 4.79 Å². The molecule has 3 aromatic rings. The molecular weight excluding hydrogens is 306 g/mol.